The normalized spacial score (nSPS) is 20.3. The van der Waals surface area contributed by atoms with Crippen LogP contribution in [0.3, 0.4) is 0 Å². The first-order valence-corrected chi connectivity index (χ1v) is 7.93. The fourth-order valence-electron chi connectivity index (χ4n) is 3.03. The minimum atomic E-state index is -4.58. The van der Waals surface area contributed by atoms with Gasteiger partial charge in [0, 0.05) is 0 Å². The van der Waals surface area contributed by atoms with E-state index in [1.54, 1.807) is 6.08 Å². The van der Waals surface area contributed by atoms with Crippen molar-refractivity contribution >= 4 is 22.4 Å². The molecule has 0 aliphatic heterocycles. The Bertz CT molecular complexity index is 718. The van der Waals surface area contributed by atoms with Crippen molar-refractivity contribution in [2.75, 3.05) is 0 Å². The smallest absolute Gasteiger partial charge is 0.288 e. The number of alkyl halides is 4. The highest BCUT2D eigenvalue weighted by atomic mass is 35.5. The van der Waals surface area contributed by atoms with Gasteiger partial charge in [0.1, 0.15) is 0 Å². The summed E-state index contributed by atoms with van der Waals surface area (Å²) in [4.78, 5) is 0. The molecule has 0 fully saturated rings. The Morgan fingerprint density at radius 2 is 1.83 bits per heavy atom. The molecule has 1 aliphatic rings. The minimum absolute atomic E-state index is 0.239. The Labute approximate surface area is 137 Å². The van der Waals surface area contributed by atoms with Crippen LogP contribution in [0, 0.1) is 0 Å². The molecule has 1 nitrogen and oxygen atoms in total. The van der Waals surface area contributed by atoms with Gasteiger partial charge < -0.3 is 0 Å². The number of hydrogen-bond donors (Lipinski definition) is 0. The van der Waals surface area contributed by atoms with E-state index in [0.29, 0.717) is 12.8 Å². The number of halogens is 4. The molecule has 2 aromatic carbocycles. The maximum Gasteiger partial charge on any atom is 0.522 e. The van der Waals surface area contributed by atoms with Gasteiger partial charge in [-0.3, -0.25) is 4.74 Å². The molecule has 5 heteroatoms. The first-order chi connectivity index (χ1) is 10.9. The van der Waals surface area contributed by atoms with E-state index in [-0.39, 0.29) is 11.8 Å². The molecule has 0 aromatic heterocycles. The monoisotopic (exact) mass is 340 g/mol. The molecular formula is C18H16ClF3O. The van der Waals surface area contributed by atoms with Crippen LogP contribution in [0.25, 0.3) is 10.8 Å². The zero-order chi connectivity index (χ0) is 16.4. The summed E-state index contributed by atoms with van der Waals surface area (Å²) in [6.45, 7) is 0. The molecule has 2 atom stereocenters. The minimum Gasteiger partial charge on any atom is -0.288 e. The van der Waals surface area contributed by atoms with Crippen LogP contribution in [0.4, 0.5) is 13.2 Å². The predicted molar refractivity (Wildman–Crippen MR) is 85.4 cm³/mol. The van der Waals surface area contributed by atoms with Crippen molar-refractivity contribution in [3.05, 3.63) is 59.7 Å². The van der Waals surface area contributed by atoms with Crippen molar-refractivity contribution in [1.82, 2.24) is 0 Å². The van der Waals surface area contributed by atoms with E-state index in [2.05, 4.69) is 4.74 Å². The van der Waals surface area contributed by atoms with Gasteiger partial charge in [0.2, 0.25) is 0 Å². The van der Waals surface area contributed by atoms with Gasteiger partial charge in [0.25, 0.3) is 0 Å². The zero-order valence-electron chi connectivity index (χ0n) is 12.3. The average Bonchev–Trinajstić information content (AvgIpc) is 2.53. The lowest BCUT2D eigenvalue weighted by Gasteiger charge is -2.25. The van der Waals surface area contributed by atoms with Crippen molar-refractivity contribution in [1.29, 1.82) is 0 Å². The van der Waals surface area contributed by atoms with Crippen LogP contribution < -0.4 is 0 Å². The summed E-state index contributed by atoms with van der Waals surface area (Å²) in [5.74, 6) is 0. The zero-order valence-corrected chi connectivity index (χ0v) is 13.1. The highest BCUT2D eigenvalue weighted by Crippen LogP contribution is 2.39. The molecule has 1 aliphatic carbocycles. The maximum atomic E-state index is 12.3. The summed E-state index contributed by atoms with van der Waals surface area (Å²) >= 11 is 6.61. The second-order valence-corrected chi connectivity index (χ2v) is 6.11. The highest BCUT2D eigenvalue weighted by molar-refractivity contribution is 6.23. The Kier molecular flexibility index (Phi) is 4.64. The molecule has 2 aromatic rings. The predicted octanol–water partition coefficient (Wildman–Crippen LogP) is 6.14. The van der Waals surface area contributed by atoms with Gasteiger partial charge in [-0.05, 0) is 35.6 Å². The number of ether oxygens (including phenoxy) is 1. The van der Waals surface area contributed by atoms with Gasteiger partial charge >= 0.3 is 6.36 Å². The van der Waals surface area contributed by atoms with E-state index in [4.69, 9.17) is 11.6 Å². The second kappa shape index (κ2) is 6.54. The Balaban J connectivity index is 1.80. The van der Waals surface area contributed by atoms with Crippen molar-refractivity contribution in [3.8, 4) is 0 Å². The van der Waals surface area contributed by atoms with Crippen LogP contribution in [0.2, 0.25) is 0 Å². The van der Waals surface area contributed by atoms with E-state index in [1.165, 1.54) is 0 Å². The van der Waals surface area contributed by atoms with E-state index < -0.39 is 12.5 Å². The summed E-state index contributed by atoms with van der Waals surface area (Å²) in [7, 11) is 0. The summed E-state index contributed by atoms with van der Waals surface area (Å²) < 4.78 is 40.9. The van der Waals surface area contributed by atoms with Gasteiger partial charge in [-0.15, -0.1) is 24.8 Å². The topological polar surface area (TPSA) is 9.23 Å². The molecule has 0 N–H and O–H groups in total. The van der Waals surface area contributed by atoms with E-state index in [0.717, 1.165) is 21.9 Å². The Morgan fingerprint density at radius 1 is 1.09 bits per heavy atom. The molecular weight excluding hydrogens is 325 g/mol. The average molecular weight is 341 g/mol. The van der Waals surface area contributed by atoms with Crippen molar-refractivity contribution in [2.45, 2.75) is 37.1 Å². The van der Waals surface area contributed by atoms with E-state index in [1.807, 2.05) is 42.5 Å². The third-order valence-electron chi connectivity index (χ3n) is 4.12. The SMILES string of the molecule is FC(F)(F)OC1CC=C(C(Cl)c2cccc3ccccc23)CC1. The molecule has 0 spiro atoms. The van der Waals surface area contributed by atoms with Gasteiger partial charge in [0.15, 0.2) is 0 Å². The maximum absolute atomic E-state index is 12.3. The summed E-state index contributed by atoms with van der Waals surface area (Å²) in [5, 5.41) is 1.85. The Morgan fingerprint density at radius 3 is 2.52 bits per heavy atom. The fourth-order valence-corrected chi connectivity index (χ4v) is 3.42. The molecule has 0 saturated carbocycles. The third-order valence-corrected chi connectivity index (χ3v) is 4.64. The first-order valence-electron chi connectivity index (χ1n) is 7.49. The standard InChI is InChI=1S/C18H16ClF3O/c19-17(13-8-10-14(11-9-13)23-18(20,21)22)16-7-3-5-12-4-1-2-6-15(12)16/h1-8,14,17H,9-11H2. The third kappa shape index (κ3) is 3.88. The molecule has 2 unspecified atom stereocenters. The first kappa shape index (κ1) is 16.3. The van der Waals surface area contributed by atoms with Crippen LogP contribution in [0.1, 0.15) is 30.2 Å². The van der Waals surface area contributed by atoms with Crippen molar-refractivity contribution in [3.63, 3.8) is 0 Å². The molecule has 0 bridgehead atoms. The lowest BCUT2D eigenvalue weighted by molar-refractivity contribution is -0.343. The quantitative estimate of drug-likeness (QED) is 0.482. The number of allylic oxidation sites excluding steroid dienone is 1. The molecule has 23 heavy (non-hydrogen) atoms. The fraction of sp³-hybridized carbons (Fsp3) is 0.333. The molecule has 0 amide bonds. The van der Waals surface area contributed by atoms with Crippen molar-refractivity contribution < 1.29 is 17.9 Å². The largest absolute Gasteiger partial charge is 0.522 e. The van der Waals surface area contributed by atoms with E-state index >= 15 is 0 Å². The highest BCUT2D eigenvalue weighted by Gasteiger charge is 2.34. The van der Waals surface area contributed by atoms with Crippen molar-refractivity contribution in [2.24, 2.45) is 0 Å². The number of hydrogen-bond acceptors (Lipinski definition) is 1. The van der Waals surface area contributed by atoms with Crippen LogP contribution in [-0.2, 0) is 4.74 Å². The molecule has 122 valence electrons. The van der Waals surface area contributed by atoms with Crippen LogP contribution in [0.5, 0.6) is 0 Å². The van der Waals surface area contributed by atoms with E-state index in [9.17, 15) is 13.2 Å². The van der Waals surface area contributed by atoms with Gasteiger partial charge in [-0.2, -0.15) is 0 Å². The molecule has 0 radical (unpaired) electrons. The summed E-state index contributed by atoms with van der Waals surface area (Å²) in [5.41, 5.74) is 1.95. The van der Waals surface area contributed by atoms with Gasteiger partial charge in [-0.1, -0.05) is 54.1 Å². The second-order valence-electron chi connectivity index (χ2n) is 5.67. The van der Waals surface area contributed by atoms with Crippen LogP contribution in [-0.4, -0.2) is 12.5 Å². The number of rotatable bonds is 3. The van der Waals surface area contributed by atoms with Gasteiger partial charge in [-0.25, -0.2) is 0 Å². The molecule has 0 saturated heterocycles. The molecule has 0 heterocycles. The van der Waals surface area contributed by atoms with Crippen LogP contribution >= 0.6 is 11.6 Å². The molecule has 3 rings (SSSR count). The number of benzene rings is 2. The Hall–Kier alpha value is -1.52. The lowest BCUT2D eigenvalue weighted by atomic mass is 9.90. The summed E-state index contributed by atoms with van der Waals surface area (Å²) in [6, 6.07) is 13.9. The van der Waals surface area contributed by atoms with Crippen LogP contribution in [0.15, 0.2) is 54.1 Å². The van der Waals surface area contributed by atoms with Gasteiger partial charge in [0.05, 0.1) is 11.5 Å². The number of fused-ring (bicyclic) bond motifs is 1. The lowest BCUT2D eigenvalue weighted by Crippen LogP contribution is -2.25. The summed E-state index contributed by atoms with van der Waals surface area (Å²) in [6.07, 6.45) is -2.51.